The maximum atomic E-state index is 12.3. The summed E-state index contributed by atoms with van der Waals surface area (Å²) >= 11 is 4.95. The van der Waals surface area contributed by atoms with Gasteiger partial charge in [0.2, 0.25) is 0 Å². The molecule has 0 radical (unpaired) electrons. The first kappa shape index (κ1) is 13.9. The second-order valence-electron chi connectivity index (χ2n) is 4.03. The lowest BCUT2D eigenvalue weighted by molar-refractivity contribution is -0.128. The molecule has 1 saturated heterocycles. The smallest absolute Gasteiger partial charge is 0.265 e. The van der Waals surface area contributed by atoms with Crippen molar-refractivity contribution < 1.29 is 9.59 Å². The maximum absolute atomic E-state index is 12.3. The van der Waals surface area contributed by atoms with E-state index >= 15 is 0 Å². The number of hydrogen-bond acceptors (Lipinski definition) is 5. The highest BCUT2D eigenvalue weighted by atomic mass is 32.1. The quantitative estimate of drug-likeness (QED) is 0.365. The maximum Gasteiger partial charge on any atom is 0.265 e. The van der Waals surface area contributed by atoms with E-state index in [1.54, 1.807) is 6.07 Å². The van der Waals surface area contributed by atoms with Crippen LogP contribution in [0.1, 0.15) is 5.56 Å². The zero-order valence-electron chi connectivity index (χ0n) is 10.5. The van der Waals surface area contributed by atoms with Gasteiger partial charge in [-0.15, -0.1) is 6.58 Å². The molecule has 0 spiro atoms. The normalized spacial score (nSPS) is 17.3. The average Bonchev–Trinajstić information content (AvgIpc) is 2.41. The number of nitrogens with two attached hydrogens (primary N) is 1. The largest absolute Gasteiger partial charge is 0.397 e. The molecule has 0 aliphatic carbocycles. The summed E-state index contributed by atoms with van der Waals surface area (Å²) in [6, 6.07) is 1.62. The van der Waals surface area contributed by atoms with Gasteiger partial charge < -0.3 is 5.73 Å². The van der Waals surface area contributed by atoms with Gasteiger partial charge in [-0.2, -0.15) is 0 Å². The molecule has 1 aliphatic rings. The summed E-state index contributed by atoms with van der Waals surface area (Å²) < 4.78 is 0. The summed E-state index contributed by atoms with van der Waals surface area (Å²) in [6.07, 6.45) is 5.93. The first-order valence-corrected chi connectivity index (χ1v) is 6.14. The van der Waals surface area contributed by atoms with Crippen molar-refractivity contribution in [3.63, 3.8) is 0 Å². The van der Waals surface area contributed by atoms with Crippen molar-refractivity contribution in [3.05, 3.63) is 42.3 Å². The van der Waals surface area contributed by atoms with Crippen molar-refractivity contribution in [1.82, 2.24) is 15.2 Å². The molecule has 102 valence electrons. The number of rotatable bonds is 3. The third-order valence-corrected chi connectivity index (χ3v) is 3.01. The van der Waals surface area contributed by atoms with Crippen molar-refractivity contribution in [1.29, 1.82) is 0 Å². The Balaban J connectivity index is 2.42. The number of hydrogen-bond donors (Lipinski definition) is 2. The van der Waals surface area contributed by atoms with Crippen LogP contribution in [0.15, 0.2) is 36.7 Å². The Bertz CT molecular complexity index is 639. The summed E-state index contributed by atoms with van der Waals surface area (Å²) in [5, 5.41) is 2.53. The SMILES string of the molecule is C=CCN1C(=O)/C(=C/c2ccncc2N)C(=O)NC1=S. The number of nitrogens with one attached hydrogen (secondary N) is 1. The fourth-order valence-corrected chi connectivity index (χ4v) is 1.94. The van der Waals surface area contributed by atoms with Crippen LogP contribution in [0.3, 0.4) is 0 Å². The third-order valence-electron chi connectivity index (χ3n) is 2.68. The van der Waals surface area contributed by atoms with E-state index in [0.717, 1.165) is 0 Å². The molecule has 0 bridgehead atoms. The van der Waals surface area contributed by atoms with Gasteiger partial charge in [0.1, 0.15) is 5.57 Å². The van der Waals surface area contributed by atoms with Gasteiger partial charge in [0, 0.05) is 18.3 Å². The zero-order chi connectivity index (χ0) is 14.7. The van der Waals surface area contributed by atoms with Gasteiger partial charge in [0.05, 0.1) is 11.9 Å². The summed E-state index contributed by atoms with van der Waals surface area (Å²) in [6.45, 7) is 3.78. The number of carbonyl (C=O) groups is 2. The molecule has 20 heavy (non-hydrogen) atoms. The summed E-state index contributed by atoms with van der Waals surface area (Å²) in [5.74, 6) is -1.02. The zero-order valence-corrected chi connectivity index (χ0v) is 11.3. The van der Waals surface area contributed by atoms with Gasteiger partial charge in [-0.25, -0.2) is 0 Å². The van der Waals surface area contributed by atoms with Crippen molar-refractivity contribution in [3.8, 4) is 0 Å². The van der Waals surface area contributed by atoms with Gasteiger partial charge in [0.25, 0.3) is 11.8 Å². The number of carbonyl (C=O) groups excluding carboxylic acids is 2. The molecule has 1 aromatic rings. The summed E-state index contributed by atoms with van der Waals surface area (Å²) in [7, 11) is 0. The van der Waals surface area contributed by atoms with Crippen LogP contribution in [0, 0.1) is 0 Å². The molecule has 2 rings (SSSR count). The van der Waals surface area contributed by atoms with Crippen molar-refractivity contribution in [2.24, 2.45) is 0 Å². The average molecular weight is 288 g/mol. The van der Waals surface area contributed by atoms with Crippen LogP contribution >= 0.6 is 12.2 Å². The van der Waals surface area contributed by atoms with E-state index in [4.69, 9.17) is 18.0 Å². The number of nitrogen functional groups attached to an aromatic ring is 1. The Hall–Kier alpha value is -2.54. The van der Waals surface area contributed by atoms with E-state index in [0.29, 0.717) is 11.3 Å². The van der Waals surface area contributed by atoms with Crippen LogP contribution in [0.2, 0.25) is 0 Å². The molecule has 0 unspecified atom stereocenters. The molecular weight excluding hydrogens is 276 g/mol. The molecule has 2 amide bonds. The minimum Gasteiger partial charge on any atom is -0.397 e. The van der Waals surface area contributed by atoms with E-state index < -0.39 is 11.8 Å². The van der Waals surface area contributed by atoms with E-state index in [1.165, 1.54) is 29.4 Å². The van der Waals surface area contributed by atoms with Gasteiger partial charge >= 0.3 is 0 Å². The lowest BCUT2D eigenvalue weighted by Gasteiger charge is -2.27. The van der Waals surface area contributed by atoms with Crippen molar-refractivity contribution in [2.75, 3.05) is 12.3 Å². The molecule has 0 aromatic carbocycles. The first-order valence-electron chi connectivity index (χ1n) is 5.74. The monoisotopic (exact) mass is 288 g/mol. The lowest BCUT2D eigenvalue weighted by Crippen LogP contribution is -2.53. The van der Waals surface area contributed by atoms with Crippen LogP contribution in [0.5, 0.6) is 0 Å². The van der Waals surface area contributed by atoms with E-state index in [-0.39, 0.29) is 17.2 Å². The topological polar surface area (TPSA) is 88.3 Å². The minimum atomic E-state index is -0.545. The van der Waals surface area contributed by atoms with Gasteiger partial charge in [-0.05, 0) is 24.4 Å². The summed E-state index contributed by atoms with van der Waals surface area (Å²) in [4.78, 5) is 29.2. The number of thiocarbonyl (C=S) groups is 1. The number of pyridine rings is 1. The molecule has 0 saturated carbocycles. The molecule has 1 fully saturated rings. The second-order valence-corrected chi connectivity index (χ2v) is 4.41. The molecule has 1 aromatic heterocycles. The second kappa shape index (κ2) is 5.62. The van der Waals surface area contributed by atoms with E-state index in [1.807, 2.05) is 0 Å². The van der Waals surface area contributed by atoms with Crippen molar-refractivity contribution >= 4 is 40.9 Å². The molecule has 2 heterocycles. The molecule has 3 N–H and O–H groups in total. The molecule has 7 heteroatoms. The number of aromatic nitrogens is 1. The molecule has 6 nitrogen and oxygen atoms in total. The van der Waals surface area contributed by atoms with Gasteiger partial charge in [-0.3, -0.25) is 24.8 Å². The predicted octanol–water partition coefficient (Wildman–Crippen LogP) is 0.477. The standard InChI is InChI=1S/C13H12N4O2S/c1-2-5-17-12(19)9(11(18)16-13(17)20)6-8-3-4-15-7-10(8)14/h2-4,6-7H,1,5,14H2,(H,16,18,20)/b9-6+. The van der Waals surface area contributed by atoms with E-state index in [2.05, 4.69) is 16.9 Å². The molecular formula is C13H12N4O2S. The Labute approximate surface area is 121 Å². The highest BCUT2D eigenvalue weighted by molar-refractivity contribution is 7.80. The minimum absolute atomic E-state index is 0.0293. The lowest BCUT2D eigenvalue weighted by atomic mass is 10.1. The van der Waals surface area contributed by atoms with E-state index in [9.17, 15) is 9.59 Å². The van der Waals surface area contributed by atoms with Crippen LogP contribution in [0.4, 0.5) is 5.69 Å². The molecule has 0 atom stereocenters. The van der Waals surface area contributed by atoms with Crippen molar-refractivity contribution in [2.45, 2.75) is 0 Å². The number of nitrogens with zero attached hydrogens (tertiary/aromatic N) is 2. The Morgan fingerprint density at radius 2 is 2.25 bits per heavy atom. The van der Waals surface area contributed by atoms with Crippen LogP contribution in [-0.4, -0.2) is 33.4 Å². The van der Waals surface area contributed by atoms with Crippen LogP contribution < -0.4 is 11.1 Å². The third kappa shape index (κ3) is 2.57. The molecule has 1 aliphatic heterocycles. The Kier molecular flexibility index (Phi) is 3.90. The highest BCUT2D eigenvalue weighted by Gasteiger charge is 2.32. The number of amides is 2. The Morgan fingerprint density at radius 3 is 2.90 bits per heavy atom. The highest BCUT2D eigenvalue weighted by Crippen LogP contribution is 2.17. The van der Waals surface area contributed by atoms with Gasteiger partial charge in [0.15, 0.2) is 5.11 Å². The van der Waals surface area contributed by atoms with Crippen LogP contribution in [0.25, 0.3) is 6.08 Å². The number of anilines is 1. The Morgan fingerprint density at radius 1 is 1.50 bits per heavy atom. The fraction of sp³-hybridized carbons (Fsp3) is 0.0769. The van der Waals surface area contributed by atoms with Gasteiger partial charge in [-0.1, -0.05) is 6.08 Å². The first-order chi connectivity index (χ1) is 9.54. The van der Waals surface area contributed by atoms with Crippen LogP contribution in [-0.2, 0) is 9.59 Å². The predicted molar refractivity (Wildman–Crippen MR) is 79.3 cm³/mol. The fourth-order valence-electron chi connectivity index (χ4n) is 1.69. The summed E-state index contributed by atoms with van der Waals surface area (Å²) in [5.41, 5.74) is 6.64.